The van der Waals surface area contributed by atoms with Crippen molar-refractivity contribution in [3.8, 4) is 40.2 Å². The van der Waals surface area contributed by atoms with Crippen LogP contribution < -0.4 is 35.5 Å². The second-order valence-corrected chi connectivity index (χ2v) is 12.5. The summed E-state index contributed by atoms with van der Waals surface area (Å²) in [5.74, 6) is 5.02. The van der Waals surface area contributed by atoms with E-state index < -0.39 is 0 Å². The Kier molecular flexibility index (Phi) is 5.13. The summed E-state index contributed by atoms with van der Waals surface area (Å²) in [6, 6.07) is 52.7. The summed E-state index contributed by atoms with van der Waals surface area (Å²) in [4.78, 5) is 2.29. The lowest BCUT2D eigenvalue weighted by Crippen LogP contribution is -2.57. The molecule has 7 aromatic carbocycles. The Labute approximate surface area is 276 Å². The van der Waals surface area contributed by atoms with E-state index in [2.05, 4.69) is 131 Å². The van der Waals surface area contributed by atoms with E-state index >= 15 is 0 Å². The molecule has 8 aromatic rings. The molecule has 0 atom stereocenters. The van der Waals surface area contributed by atoms with Crippen molar-refractivity contribution < 1.29 is 14.2 Å². The maximum absolute atomic E-state index is 6.69. The molecule has 0 radical (unpaired) electrons. The lowest BCUT2D eigenvalue weighted by atomic mass is 9.35. The smallest absolute Gasteiger partial charge is 0.260 e. The fraction of sp³-hybridized carbons (Fsp3) is 0. The molecule has 3 aliphatic rings. The van der Waals surface area contributed by atoms with Gasteiger partial charge in [0.15, 0.2) is 11.5 Å². The Bertz CT molecular complexity index is 2560. The van der Waals surface area contributed by atoms with Crippen molar-refractivity contribution in [3.63, 3.8) is 0 Å². The lowest BCUT2D eigenvalue weighted by Gasteiger charge is -2.33. The van der Waals surface area contributed by atoms with Crippen LogP contribution in [-0.2, 0) is 0 Å². The molecule has 0 bridgehead atoms. The quantitative estimate of drug-likeness (QED) is 0.182. The number of nitrogens with zero attached hydrogens (tertiary/aromatic N) is 2. The minimum Gasteiger partial charge on any atom is -0.458 e. The summed E-state index contributed by atoms with van der Waals surface area (Å²) in [7, 11) is 0. The fourth-order valence-electron chi connectivity index (χ4n) is 7.86. The number of benzene rings is 7. The van der Waals surface area contributed by atoms with Crippen molar-refractivity contribution in [1.82, 2.24) is 4.57 Å². The third-order valence-electron chi connectivity index (χ3n) is 9.87. The summed E-state index contributed by atoms with van der Waals surface area (Å²) in [6.07, 6.45) is 0. The van der Waals surface area contributed by atoms with Gasteiger partial charge in [-0.1, -0.05) is 84.9 Å². The van der Waals surface area contributed by atoms with Crippen LogP contribution in [0.1, 0.15) is 0 Å². The number of hydrogen-bond acceptors (Lipinski definition) is 4. The molecule has 48 heavy (non-hydrogen) atoms. The topological polar surface area (TPSA) is 35.9 Å². The van der Waals surface area contributed by atoms with Gasteiger partial charge in [0.05, 0.1) is 28.1 Å². The molecule has 5 nitrogen and oxygen atoms in total. The van der Waals surface area contributed by atoms with Crippen LogP contribution in [0.25, 0.3) is 27.5 Å². The second-order valence-electron chi connectivity index (χ2n) is 12.5. The van der Waals surface area contributed by atoms with E-state index in [1.54, 1.807) is 0 Å². The maximum atomic E-state index is 6.69. The molecule has 224 valence electrons. The standard InChI is InChI=1S/C42H25BN2O3/c1-2-12-26(13-3-1)44-33-18-8-11-21-38(33)48-39-24-29-28-14-4-7-17-32(28)45(34(29)25-35(39)44)27-22-40-42-41(23-27)47-37-20-10-6-16-31(37)43(42)30-15-5-9-19-36(30)46-40/h1-25H. The number of hydrogen-bond donors (Lipinski definition) is 0. The number of fused-ring (bicyclic) bond motifs is 9. The van der Waals surface area contributed by atoms with E-state index in [9.17, 15) is 0 Å². The first kappa shape index (κ1) is 25.8. The molecule has 0 saturated carbocycles. The van der Waals surface area contributed by atoms with E-state index in [4.69, 9.17) is 14.2 Å². The minimum absolute atomic E-state index is 0.0285. The Balaban J connectivity index is 1.18. The Morgan fingerprint density at radius 1 is 0.396 bits per heavy atom. The monoisotopic (exact) mass is 616 g/mol. The predicted molar refractivity (Wildman–Crippen MR) is 193 cm³/mol. The van der Waals surface area contributed by atoms with Crippen LogP contribution in [0, 0.1) is 0 Å². The number of para-hydroxylation sites is 6. The molecule has 0 aliphatic carbocycles. The van der Waals surface area contributed by atoms with Gasteiger partial charge < -0.3 is 23.7 Å². The Hall–Kier alpha value is -6.40. The van der Waals surface area contributed by atoms with Gasteiger partial charge in [-0.2, -0.15) is 0 Å². The van der Waals surface area contributed by atoms with Gasteiger partial charge in [0.1, 0.15) is 23.0 Å². The first-order valence-corrected chi connectivity index (χ1v) is 16.2. The normalized spacial score (nSPS) is 13.4. The molecule has 4 heterocycles. The van der Waals surface area contributed by atoms with Crippen molar-refractivity contribution in [2.45, 2.75) is 0 Å². The van der Waals surface area contributed by atoms with E-state index in [1.807, 2.05) is 30.3 Å². The molecule has 0 spiro atoms. The summed E-state index contributed by atoms with van der Waals surface area (Å²) in [5.41, 5.74) is 9.54. The van der Waals surface area contributed by atoms with Gasteiger partial charge >= 0.3 is 0 Å². The van der Waals surface area contributed by atoms with Crippen LogP contribution in [0.3, 0.4) is 0 Å². The molecule has 11 rings (SSSR count). The largest absolute Gasteiger partial charge is 0.458 e. The molecule has 6 heteroatoms. The van der Waals surface area contributed by atoms with E-state index in [1.165, 1.54) is 0 Å². The Morgan fingerprint density at radius 3 is 1.75 bits per heavy atom. The number of aromatic nitrogens is 1. The van der Waals surface area contributed by atoms with Crippen molar-refractivity contribution in [1.29, 1.82) is 0 Å². The molecular weight excluding hydrogens is 591 g/mol. The van der Waals surface area contributed by atoms with Crippen LogP contribution in [0.5, 0.6) is 34.5 Å². The van der Waals surface area contributed by atoms with Gasteiger partial charge in [-0.05, 0) is 65.5 Å². The molecule has 0 fully saturated rings. The number of ether oxygens (including phenoxy) is 3. The van der Waals surface area contributed by atoms with Gasteiger partial charge in [0.2, 0.25) is 0 Å². The zero-order valence-corrected chi connectivity index (χ0v) is 25.6. The molecule has 1 aromatic heterocycles. The molecular formula is C42H25BN2O3. The SMILES string of the molecule is c1ccc(N2c3ccccc3Oc3cc4c5ccccc5n(-c5cc6c7c(c5)Oc5ccccc5B7c5ccccc5O6)c4cc32)cc1. The molecule has 0 unspecified atom stereocenters. The molecule has 0 N–H and O–H groups in total. The number of anilines is 3. The zero-order valence-electron chi connectivity index (χ0n) is 25.6. The van der Waals surface area contributed by atoms with Crippen LogP contribution in [-0.4, -0.2) is 11.3 Å². The van der Waals surface area contributed by atoms with Gasteiger partial charge in [-0.25, -0.2) is 0 Å². The van der Waals surface area contributed by atoms with Gasteiger partial charge in [0, 0.05) is 34.1 Å². The van der Waals surface area contributed by atoms with Crippen molar-refractivity contribution >= 4 is 62.0 Å². The van der Waals surface area contributed by atoms with Crippen LogP contribution in [0.2, 0.25) is 0 Å². The lowest BCUT2D eigenvalue weighted by molar-refractivity contribution is 0.464. The highest BCUT2D eigenvalue weighted by atomic mass is 16.5. The first-order chi connectivity index (χ1) is 23.8. The highest BCUT2D eigenvalue weighted by Gasteiger charge is 2.40. The predicted octanol–water partition coefficient (Wildman–Crippen LogP) is 9.09. The average molecular weight is 616 g/mol. The van der Waals surface area contributed by atoms with Gasteiger partial charge in [-0.15, -0.1) is 0 Å². The minimum atomic E-state index is 0.0285. The summed E-state index contributed by atoms with van der Waals surface area (Å²) in [6.45, 7) is 0.0285. The molecule has 0 saturated heterocycles. The summed E-state index contributed by atoms with van der Waals surface area (Å²) in [5, 5.41) is 2.25. The highest BCUT2D eigenvalue weighted by molar-refractivity contribution is 6.98. The molecule has 3 aliphatic heterocycles. The summed E-state index contributed by atoms with van der Waals surface area (Å²) < 4.78 is 22.3. The van der Waals surface area contributed by atoms with E-state index in [-0.39, 0.29) is 6.71 Å². The van der Waals surface area contributed by atoms with Crippen LogP contribution in [0.15, 0.2) is 152 Å². The third-order valence-corrected chi connectivity index (χ3v) is 9.87. The van der Waals surface area contributed by atoms with Crippen LogP contribution in [0.4, 0.5) is 17.1 Å². The van der Waals surface area contributed by atoms with Crippen molar-refractivity contribution in [3.05, 3.63) is 152 Å². The number of rotatable bonds is 2. The highest BCUT2D eigenvalue weighted by Crippen LogP contribution is 2.52. The second kappa shape index (κ2) is 9.56. The van der Waals surface area contributed by atoms with E-state index in [0.717, 1.165) is 95.4 Å². The fourth-order valence-corrected chi connectivity index (χ4v) is 7.86. The van der Waals surface area contributed by atoms with Gasteiger partial charge in [-0.3, -0.25) is 0 Å². The van der Waals surface area contributed by atoms with Crippen molar-refractivity contribution in [2.75, 3.05) is 4.90 Å². The first-order valence-electron chi connectivity index (χ1n) is 16.2. The van der Waals surface area contributed by atoms with Crippen molar-refractivity contribution in [2.24, 2.45) is 0 Å². The van der Waals surface area contributed by atoms with Gasteiger partial charge in [0.25, 0.3) is 6.71 Å². The Morgan fingerprint density at radius 2 is 1.00 bits per heavy atom. The molecule has 0 amide bonds. The average Bonchev–Trinajstić information content (AvgIpc) is 3.46. The van der Waals surface area contributed by atoms with E-state index in [0.29, 0.717) is 0 Å². The zero-order chi connectivity index (χ0) is 31.3. The third kappa shape index (κ3) is 3.51. The van der Waals surface area contributed by atoms with Crippen LogP contribution >= 0.6 is 0 Å². The summed E-state index contributed by atoms with van der Waals surface area (Å²) >= 11 is 0. The maximum Gasteiger partial charge on any atom is 0.260 e.